The lowest BCUT2D eigenvalue weighted by Crippen LogP contribution is -1.97. The second-order valence-electron chi connectivity index (χ2n) is 3.11. The highest BCUT2D eigenvalue weighted by molar-refractivity contribution is 5.73. The van der Waals surface area contributed by atoms with Crippen LogP contribution in [-0.2, 0) is 7.05 Å². The Labute approximate surface area is 81.6 Å². The van der Waals surface area contributed by atoms with E-state index in [1.54, 1.807) is 30.1 Å². The van der Waals surface area contributed by atoms with E-state index in [-0.39, 0.29) is 5.75 Å². The maximum Gasteiger partial charge on any atom is 0.129 e. The quantitative estimate of drug-likeness (QED) is 0.712. The number of nitrogens with zero attached hydrogens (tertiary/aromatic N) is 2. The van der Waals surface area contributed by atoms with Gasteiger partial charge >= 0.3 is 0 Å². The second-order valence-corrected chi connectivity index (χ2v) is 3.11. The molecule has 0 aliphatic carbocycles. The minimum Gasteiger partial charge on any atom is -0.508 e. The fourth-order valence-corrected chi connectivity index (χ4v) is 1.31. The molecule has 0 atom stereocenters. The molecule has 0 bridgehead atoms. The molecule has 0 aliphatic rings. The maximum atomic E-state index is 9.13. The minimum absolute atomic E-state index is 0.246. The van der Waals surface area contributed by atoms with Gasteiger partial charge in [-0.1, -0.05) is 12.1 Å². The Balaban J connectivity index is 2.49. The Kier molecular flexibility index (Phi) is 1.89. The van der Waals surface area contributed by atoms with Crippen LogP contribution in [0.15, 0.2) is 30.5 Å². The zero-order valence-electron chi connectivity index (χ0n) is 7.81. The van der Waals surface area contributed by atoms with Gasteiger partial charge in [-0.25, -0.2) is 0 Å². The molecule has 0 aliphatic heterocycles. The Hall–Kier alpha value is -1.97. The molecule has 0 saturated carbocycles. The third-order valence-electron chi connectivity index (χ3n) is 2.16. The van der Waals surface area contributed by atoms with Crippen molar-refractivity contribution in [2.24, 2.45) is 7.05 Å². The summed E-state index contributed by atoms with van der Waals surface area (Å²) in [6.07, 6.45) is 1.71. The van der Waals surface area contributed by atoms with Gasteiger partial charge in [-0.05, 0) is 17.7 Å². The average molecular weight is 189 g/mol. The van der Waals surface area contributed by atoms with E-state index in [9.17, 15) is 0 Å². The summed E-state index contributed by atoms with van der Waals surface area (Å²) in [7, 11) is 1.79. The van der Waals surface area contributed by atoms with Crippen molar-refractivity contribution in [2.75, 3.05) is 5.73 Å². The Morgan fingerprint density at radius 2 is 1.93 bits per heavy atom. The van der Waals surface area contributed by atoms with Crippen LogP contribution in [0.4, 0.5) is 5.82 Å². The number of nitrogen functional groups attached to an aromatic ring is 1. The first-order valence-corrected chi connectivity index (χ1v) is 4.25. The molecular weight excluding hydrogens is 178 g/mol. The fourth-order valence-electron chi connectivity index (χ4n) is 1.31. The summed E-state index contributed by atoms with van der Waals surface area (Å²) in [5, 5.41) is 13.2. The summed E-state index contributed by atoms with van der Waals surface area (Å²) < 4.78 is 1.61. The van der Waals surface area contributed by atoms with Crippen molar-refractivity contribution >= 4 is 5.82 Å². The molecule has 72 valence electrons. The van der Waals surface area contributed by atoms with Crippen LogP contribution in [0.2, 0.25) is 0 Å². The number of nitrogens with two attached hydrogens (primary N) is 1. The molecule has 0 unspecified atom stereocenters. The van der Waals surface area contributed by atoms with E-state index < -0.39 is 0 Å². The number of aryl methyl sites for hydroxylation is 1. The molecular formula is C10H11N3O. The summed E-state index contributed by atoms with van der Waals surface area (Å²) >= 11 is 0. The van der Waals surface area contributed by atoms with Crippen LogP contribution in [0, 0.1) is 0 Å². The van der Waals surface area contributed by atoms with Crippen molar-refractivity contribution in [2.45, 2.75) is 0 Å². The van der Waals surface area contributed by atoms with Crippen LogP contribution in [0.5, 0.6) is 5.75 Å². The predicted octanol–water partition coefficient (Wildman–Crippen LogP) is 1.37. The molecule has 2 rings (SSSR count). The molecule has 0 spiro atoms. The Bertz CT molecular complexity index is 445. The SMILES string of the molecule is Cn1ncc(-c2ccc(O)cc2)c1N. The number of aromatic hydroxyl groups is 1. The number of hydrogen-bond acceptors (Lipinski definition) is 3. The van der Waals surface area contributed by atoms with Crippen molar-refractivity contribution in [3.8, 4) is 16.9 Å². The molecule has 1 heterocycles. The molecule has 4 nitrogen and oxygen atoms in total. The molecule has 0 fully saturated rings. The first kappa shape index (κ1) is 8.62. The molecule has 1 aromatic carbocycles. The van der Waals surface area contributed by atoms with E-state index in [0.717, 1.165) is 11.1 Å². The van der Waals surface area contributed by atoms with Gasteiger partial charge in [0, 0.05) is 12.6 Å². The average Bonchev–Trinajstić information content (AvgIpc) is 2.50. The molecule has 2 aromatic rings. The van der Waals surface area contributed by atoms with E-state index in [2.05, 4.69) is 5.10 Å². The van der Waals surface area contributed by atoms with Gasteiger partial charge < -0.3 is 10.8 Å². The van der Waals surface area contributed by atoms with Crippen LogP contribution in [0.25, 0.3) is 11.1 Å². The number of benzene rings is 1. The van der Waals surface area contributed by atoms with Gasteiger partial charge in [0.15, 0.2) is 0 Å². The molecule has 0 radical (unpaired) electrons. The zero-order valence-corrected chi connectivity index (χ0v) is 7.81. The topological polar surface area (TPSA) is 64.1 Å². The van der Waals surface area contributed by atoms with Gasteiger partial charge in [-0.2, -0.15) is 5.10 Å². The van der Waals surface area contributed by atoms with E-state index in [1.807, 2.05) is 12.1 Å². The van der Waals surface area contributed by atoms with E-state index in [4.69, 9.17) is 10.8 Å². The van der Waals surface area contributed by atoms with Crippen molar-refractivity contribution in [1.82, 2.24) is 9.78 Å². The van der Waals surface area contributed by atoms with Gasteiger partial charge in [0.25, 0.3) is 0 Å². The lowest BCUT2D eigenvalue weighted by Gasteiger charge is -2.00. The number of phenols is 1. The number of phenolic OH excluding ortho intramolecular Hbond substituents is 1. The van der Waals surface area contributed by atoms with Crippen molar-refractivity contribution in [3.05, 3.63) is 30.5 Å². The van der Waals surface area contributed by atoms with Crippen LogP contribution >= 0.6 is 0 Å². The highest BCUT2D eigenvalue weighted by Crippen LogP contribution is 2.26. The summed E-state index contributed by atoms with van der Waals surface area (Å²) in [6, 6.07) is 6.87. The summed E-state index contributed by atoms with van der Waals surface area (Å²) in [4.78, 5) is 0. The highest BCUT2D eigenvalue weighted by Gasteiger charge is 2.06. The smallest absolute Gasteiger partial charge is 0.129 e. The van der Waals surface area contributed by atoms with E-state index in [0.29, 0.717) is 5.82 Å². The van der Waals surface area contributed by atoms with Crippen LogP contribution in [0.3, 0.4) is 0 Å². The number of rotatable bonds is 1. The Morgan fingerprint density at radius 3 is 2.43 bits per heavy atom. The summed E-state index contributed by atoms with van der Waals surface area (Å²) in [5.41, 5.74) is 7.64. The lowest BCUT2D eigenvalue weighted by atomic mass is 10.1. The lowest BCUT2D eigenvalue weighted by molar-refractivity contribution is 0.475. The zero-order chi connectivity index (χ0) is 10.1. The van der Waals surface area contributed by atoms with Crippen molar-refractivity contribution < 1.29 is 5.11 Å². The van der Waals surface area contributed by atoms with Gasteiger partial charge in [0.1, 0.15) is 11.6 Å². The maximum absolute atomic E-state index is 9.13. The molecule has 0 saturated heterocycles. The number of aromatic nitrogens is 2. The number of anilines is 1. The third kappa shape index (κ3) is 1.31. The largest absolute Gasteiger partial charge is 0.508 e. The van der Waals surface area contributed by atoms with Crippen LogP contribution < -0.4 is 5.73 Å². The molecule has 0 amide bonds. The Morgan fingerprint density at radius 1 is 1.29 bits per heavy atom. The molecule has 14 heavy (non-hydrogen) atoms. The minimum atomic E-state index is 0.246. The van der Waals surface area contributed by atoms with Crippen LogP contribution in [0.1, 0.15) is 0 Å². The van der Waals surface area contributed by atoms with E-state index in [1.165, 1.54) is 0 Å². The predicted molar refractivity (Wildman–Crippen MR) is 54.7 cm³/mol. The first-order valence-electron chi connectivity index (χ1n) is 4.25. The molecule has 4 heteroatoms. The third-order valence-corrected chi connectivity index (χ3v) is 2.16. The van der Waals surface area contributed by atoms with Gasteiger partial charge in [0.2, 0.25) is 0 Å². The van der Waals surface area contributed by atoms with Crippen molar-refractivity contribution in [3.63, 3.8) is 0 Å². The van der Waals surface area contributed by atoms with E-state index >= 15 is 0 Å². The van der Waals surface area contributed by atoms with Gasteiger partial charge in [-0.3, -0.25) is 4.68 Å². The summed E-state index contributed by atoms with van der Waals surface area (Å²) in [6.45, 7) is 0. The first-order chi connectivity index (χ1) is 6.68. The normalized spacial score (nSPS) is 10.4. The highest BCUT2D eigenvalue weighted by atomic mass is 16.3. The van der Waals surface area contributed by atoms with Gasteiger partial charge in [0.05, 0.1) is 6.20 Å². The van der Waals surface area contributed by atoms with Crippen LogP contribution in [-0.4, -0.2) is 14.9 Å². The van der Waals surface area contributed by atoms with Crippen molar-refractivity contribution in [1.29, 1.82) is 0 Å². The second kappa shape index (κ2) is 3.06. The van der Waals surface area contributed by atoms with Gasteiger partial charge in [-0.15, -0.1) is 0 Å². The molecule has 1 aromatic heterocycles. The molecule has 3 N–H and O–H groups in total. The standard InChI is InChI=1S/C10H11N3O/c1-13-10(11)9(6-12-13)7-2-4-8(14)5-3-7/h2-6,14H,11H2,1H3. The number of hydrogen-bond donors (Lipinski definition) is 2. The summed E-state index contributed by atoms with van der Waals surface area (Å²) in [5.74, 6) is 0.868. The fraction of sp³-hybridized carbons (Fsp3) is 0.100. The monoisotopic (exact) mass is 189 g/mol.